The summed E-state index contributed by atoms with van der Waals surface area (Å²) in [6.45, 7) is 2.56. The number of nitrogens with zero attached hydrogens (tertiary/aromatic N) is 1. The van der Waals surface area contributed by atoms with E-state index in [4.69, 9.17) is 9.15 Å². The number of oxazole rings is 1. The van der Waals surface area contributed by atoms with Gasteiger partial charge in [-0.3, -0.25) is 9.59 Å². The van der Waals surface area contributed by atoms with Crippen LogP contribution in [0.15, 0.2) is 52.9 Å². The Hall–Kier alpha value is -3.52. The smallest absolute Gasteiger partial charge is 0.253 e. The highest BCUT2D eigenvalue weighted by Gasteiger charge is 2.25. The van der Waals surface area contributed by atoms with E-state index in [1.54, 1.807) is 25.1 Å². The number of hydrogen-bond donors (Lipinski definition) is 2. The molecule has 0 aliphatic carbocycles. The van der Waals surface area contributed by atoms with Crippen LogP contribution in [0.5, 0.6) is 0 Å². The van der Waals surface area contributed by atoms with Crippen LogP contribution in [0.3, 0.4) is 0 Å². The van der Waals surface area contributed by atoms with Gasteiger partial charge in [-0.1, -0.05) is 24.3 Å². The van der Waals surface area contributed by atoms with E-state index in [0.29, 0.717) is 41.6 Å². The van der Waals surface area contributed by atoms with Gasteiger partial charge in [0.25, 0.3) is 5.91 Å². The predicted octanol–water partition coefficient (Wildman–Crippen LogP) is 3.77. The number of aryl methyl sites for hydroxylation is 1. The summed E-state index contributed by atoms with van der Waals surface area (Å²) < 4.78 is 24.3. The Kier molecular flexibility index (Phi) is 6.61. The molecule has 32 heavy (non-hydrogen) atoms. The molecule has 0 spiro atoms. The number of carbonyl (C=O) groups excluding carboxylic acids is 2. The third-order valence-electron chi connectivity index (χ3n) is 5.26. The fourth-order valence-corrected chi connectivity index (χ4v) is 3.52. The van der Waals surface area contributed by atoms with Crippen LogP contribution in [0, 0.1) is 12.7 Å². The quantitative estimate of drug-likeness (QED) is 0.587. The minimum absolute atomic E-state index is 0.141. The van der Waals surface area contributed by atoms with E-state index in [2.05, 4.69) is 15.6 Å². The van der Waals surface area contributed by atoms with Crippen LogP contribution < -0.4 is 10.6 Å². The molecule has 8 heteroatoms. The minimum atomic E-state index is -0.443. The zero-order chi connectivity index (χ0) is 22.5. The fraction of sp³-hybridized carbons (Fsp3) is 0.292. The summed E-state index contributed by atoms with van der Waals surface area (Å²) in [6.07, 6.45) is 1.27. The lowest BCUT2D eigenvalue weighted by molar-refractivity contribution is -0.124. The van der Waals surface area contributed by atoms with Gasteiger partial charge in [0.05, 0.1) is 24.2 Å². The number of nitrogens with one attached hydrogen (secondary N) is 2. The Bertz CT molecular complexity index is 1100. The van der Waals surface area contributed by atoms with Crippen molar-refractivity contribution in [3.63, 3.8) is 0 Å². The summed E-state index contributed by atoms with van der Waals surface area (Å²) in [6, 6.07) is 13.1. The molecule has 1 aliphatic rings. The summed E-state index contributed by atoms with van der Waals surface area (Å²) in [7, 11) is 0. The standard InChI is InChI=1S/C24H24FN3O4/c1-15-20(14-26-22(29)13-16-8-10-17(25)11-9-16)28-24(32-15)18-5-2-3-6-19(18)27-23(30)21-7-4-12-31-21/h2-3,5-6,8-11,21H,4,7,12-14H2,1H3,(H,26,29)(H,27,30)/t21-/m0/s1. The molecule has 1 aromatic heterocycles. The average molecular weight is 437 g/mol. The number of halogens is 1. The minimum Gasteiger partial charge on any atom is -0.441 e. The van der Waals surface area contributed by atoms with Crippen molar-refractivity contribution in [3.8, 4) is 11.5 Å². The molecule has 0 bridgehead atoms. The van der Waals surface area contributed by atoms with Gasteiger partial charge in [-0.05, 0) is 49.6 Å². The zero-order valence-corrected chi connectivity index (χ0v) is 17.7. The van der Waals surface area contributed by atoms with Crippen LogP contribution in [0.25, 0.3) is 11.5 Å². The first-order valence-electron chi connectivity index (χ1n) is 10.5. The van der Waals surface area contributed by atoms with Gasteiger partial charge >= 0.3 is 0 Å². The van der Waals surface area contributed by atoms with Gasteiger partial charge in [-0.25, -0.2) is 9.37 Å². The van der Waals surface area contributed by atoms with Crippen molar-refractivity contribution in [1.82, 2.24) is 10.3 Å². The summed E-state index contributed by atoms with van der Waals surface area (Å²) in [4.78, 5) is 29.2. The number of para-hydroxylation sites is 1. The van der Waals surface area contributed by atoms with E-state index >= 15 is 0 Å². The maximum atomic E-state index is 13.0. The van der Waals surface area contributed by atoms with Gasteiger partial charge in [0, 0.05) is 6.61 Å². The molecule has 0 saturated carbocycles. The van der Waals surface area contributed by atoms with Crippen molar-refractivity contribution < 1.29 is 23.1 Å². The number of carbonyl (C=O) groups is 2. The van der Waals surface area contributed by atoms with Crippen molar-refractivity contribution in [3.05, 3.63) is 71.4 Å². The van der Waals surface area contributed by atoms with Crippen LogP contribution in [0.4, 0.5) is 10.1 Å². The molecule has 4 rings (SSSR count). The Balaban J connectivity index is 1.42. The fourth-order valence-electron chi connectivity index (χ4n) is 3.52. The molecule has 166 valence electrons. The van der Waals surface area contributed by atoms with Crippen molar-refractivity contribution in [2.24, 2.45) is 0 Å². The van der Waals surface area contributed by atoms with Gasteiger partial charge in [-0.2, -0.15) is 0 Å². The highest BCUT2D eigenvalue weighted by atomic mass is 19.1. The highest BCUT2D eigenvalue weighted by Crippen LogP contribution is 2.29. The van der Waals surface area contributed by atoms with Crippen LogP contribution in [0.1, 0.15) is 29.9 Å². The number of ether oxygens (including phenoxy) is 1. The highest BCUT2D eigenvalue weighted by molar-refractivity contribution is 5.97. The number of benzene rings is 2. The molecular weight excluding hydrogens is 413 g/mol. The Morgan fingerprint density at radius 1 is 1.16 bits per heavy atom. The molecule has 1 atom stereocenters. The Morgan fingerprint density at radius 2 is 1.94 bits per heavy atom. The molecule has 1 aliphatic heterocycles. The lowest BCUT2D eigenvalue weighted by Crippen LogP contribution is -2.27. The van der Waals surface area contributed by atoms with Crippen LogP contribution in [-0.2, 0) is 27.3 Å². The monoisotopic (exact) mass is 437 g/mol. The van der Waals surface area contributed by atoms with Crippen molar-refractivity contribution >= 4 is 17.5 Å². The molecule has 2 heterocycles. The second-order valence-corrected chi connectivity index (χ2v) is 7.64. The van der Waals surface area contributed by atoms with E-state index in [-0.39, 0.29) is 30.6 Å². The summed E-state index contributed by atoms with van der Waals surface area (Å²) >= 11 is 0. The first kappa shape index (κ1) is 21.7. The molecular formula is C24H24FN3O4. The molecule has 0 radical (unpaired) electrons. The van der Waals surface area contributed by atoms with Gasteiger partial charge < -0.3 is 19.8 Å². The molecule has 1 fully saturated rings. The first-order valence-corrected chi connectivity index (χ1v) is 10.5. The first-order chi connectivity index (χ1) is 15.5. The van der Waals surface area contributed by atoms with Gasteiger partial charge in [0.2, 0.25) is 11.8 Å². The molecule has 2 N–H and O–H groups in total. The Labute approximate surface area is 185 Å². The second kappa shape index (κ2) is 9.74. The van der Waals surface area contributed by atoms with Crippen molar-refractivity contribution in [2.75, 3.05) is 11.9 Å². The molecule has 7 nitrogen and oxygen atoms in total. The summed E-state index contributed by atoms with van der Waals surface area (Å²) in [5.41, 5.74) is 2.54. The average Bonchev–Trinajstić information content (AvgIpc) is 3.44. The number of hydrogen-bond acceptors (Lipinski definition) is 5. The summed E-state index contributed by atoms with van der Waals surface area (Å²) in [5, 5.41) is 5.71. The van der Waals surface area contributed by atoms with Crippen LogP contribution >= 0.6 is 0 Å². The summed E-state index contributed by atoms with van der Waals surface area (Å²) in [5.74, 6) is 0.194. The van der Waals surface area contributed by atoms with Gasteiger partial charge in [-0.15, -0.1) is 0 Å². The molecule has 3 aromatic rings. The largest absolute Gasteiger partial charge is 0.441 e. The lowest BCUT2D eigenvalue weighted by atomic mass is 10.1. The van der Waals surface area contributed by atoms with E-state index in [0.717, 1.165) is 12.0 Å². The number of aromatic nitrogens is 1. The van der Waals surface area contributed by atoms with Crippen LogP contribution in [0.2, 0.25) is 0 Å². The van der Waals surface area contributed by atoms with E-state index in [1.807, 2.05) is 18.2 Å². The number of amides is 2. The number of rotatable bonds is 7. The van der Waals surface area contributed by atoms with E-state index in [9.17, 15) is 14.0 Å². The lowest BCUT2D eigenvalue weighted by Gasteiger charge is -2.12. The predicted molar refractivity (Wildman–Crippen MR) is 116 cm³/mol. The molecule has 1 saturated heterocycles. The van der Waals surface area contributed by atoms with Gasteiger partial charge in [0.1, 0.15) is 23.4 Å². The number of anilines is 1. The third kappa shape index (κ3) is 5.20. The second-order valence-electron chi connectivity index (χ2n) is 7.64. The van der Waals surface area contributed by atoms with Crippen molar-refractivity contribution in [2.45, 2.75) is 38.8 Å². The van der Waals surface area contributed by atoms with Crippen LogP contribution in [-0.4, -0.2) is 29.5 Å². The Morgan fingerprint density at radius 3 is 2.69 bits per heavy atom. The molecule has 2 amide bonds. The SMILES string of the molecule is Cc1oc(-c2ccccc2NC(=O)[C@@H]2CCCO2)nc1CNC(=O)Cc1ccc(F)cc1. The normalized spacial score (nSPS) is 15.5. The zero-order valence-electron chi connectivity index (χ0n) is 17.7. The maximum absolute atomic E-state index is 13.0. The van der Waals surface area contributed by atoms with E-state index in [1.165, 1.54) is 12.1 Å². The maximum Gasteiger partial charge on any atom is 0.253 e. The molecule has 2 aromatic carbocycles. The topological polar surface area (TPSA) is 93.5 Å². The molecule has 0 unspecified atom stereocenters. The third-order valence-corrected chi connectivity index (χ3v) is 5.26. The van der Waals surface area contributed by atoms with Gasteiger partial charge in [0.15, 0.2) is 0 Å². The van der Waals surface area contributed by atoms with E-state index < -0.39 is 6.10 Å². The van der Waals surface area contributed by atoms with Crippen molar-refractivity contribution in [1.29, 1.82) is 0 Å².